The number of rotatable bonds is 4. The molecule has 0 heterocycles. The van der Waals surface area contributed by atoms with E-state index in [9.17, 15) is 18.9 Å². The summed E-state index contributed by atoms with van der Waals surface area (Å²) in [5.74, 6) is 0. The zero-order valence-corrected chi connectivity index (χ0v) is 20.2. The fourth-order valence-corrected chi connectivity index (χ4v) is 5.52. The minimum atomic E-state index is -3.60. The largest absolute Gasteiger partial charge is 2.00 e. The Morgan fingerprint density at radius 3 is 1.03 bits per heavy atom. The second-order valence-corrected chi connectivity index (χ2v) is 10.3. The Morgan fingerprint density at radius 2 is 0.774 bits per heavy atom. The molecule has 0 spiro atoms. The molecule has 9 heteroatoms. The van der Waals surface area contributed by atoms with Gasteiger partial charge in [-0.1, -0.05) is 60.7 Å². The minimum absolute atomic E-state index is 0. The van der Waals surface area contributed by atoms with E-state index >= 15 is 0 Å². The van der Waals surface area contributed by atoms with E-state index in [1.807, 2.05) is 0 Å². The summed E-state index contributed by atoms with van der Waals surface area (Å²) in [6.07, 6.45) is 0. The van der Waals surface area contributed by atoms with Crippen molar-refractivity contribution in [3.05, 3.63) is 109 Å². The van der Waals surface area contributed by atoms with Gasteiger partial charge in [-0.2, -0.15) is 24.3 Å². The summed E-state index contributed by atoms with van der Waals surface area (Å²) in [7, 11) is -7.20. The van der Waals surface area contributed by atoms with E-state index < -0.39 is 14.7 Å². The quantitative estimate of drug-likeness (QED) is 0.251. The van der Waals surface area contributed by atoms with Crippen LogP contribution in [0.15, 0.2) is 109 Å². The summed E-state index contributed by atoms with van der Waals surface area (Å²) in [6, 6.07) is 30.3. The summed E-state index contributed by atoms with van der Waals surface area (Å²) in [4.78, 5) is 23.8. The van der Waals surface area contributed by atoms with Crippen LogP contribution in [0.3, 0.4) is 0 Å². The molecule has 31 heavy (non-hydrogen) atoms. The molecule has 8 N–H and O–H groups in total. The van der Waals surface area contributed by atoms with Crippen LogP contribution in [0.5, 0.6) is 0 Å². The Hall–Kier alpha value is -2.04. The number of quaternary nitrogens is 2. The predicted octanol–water partition coefficient (Wildman–Crippen LogP) is 2.74. The van der Waals surface area contributed by atoms with Crippen LogP contribution in [0.2, 0.25) is 0 Å². The Bertz CT molecular complexity index is 998. The molecule has 0 aliphatic carbocycles. The molecule has 0 saturated heterocycles. The third kappa shape index (κ3) is 6.98. The van der Waals surface area contributed by atoms with E-state index in [2.05, 4.69) is 0 Å². The second-order valence-electron chi connectivity index (χ2n) is 6.06. The smallest absolute Gasteiger partial charge is 0.802 e. The fraction of sp³-hybridized carbons (Fsp3) is 0. The maximum atomic E-state index is 11.9. The average Bonchev–Trinajstić information content (AvgIpc) is 3.44. The van der Waals surface area contributed by atoms with Crippen LogP contribution in [0.25, 0.3) is 0 Å². The van der Waals surface area contributed by atoms with E-state index in [4.69, 9.17) is 0 Å². The monoisotopic (exact) mass is 500 g/mol. The molecule has 0 aliphatic heterocycles. The van der Waals surface area contributed by atoms with Gasteiger partial charge in [-0.25, -0.2) is 24.3 Å². The van der Waals surface area contributed by atoms with Crippen molar-refractivity contribution >= 4 is 36.0 Å². The van der Waals surface area contributed by atoms with Crippen molar-refractivity contribution < 1.29 is 36.0 Å². The zero-order valence-electron chi connectivity index (χ0n) is 17.3. The number of benzene rings is 2. The van der Waals surface area contributed by atoms with Gasteiger partial charge in [-0.15, -0.1) is 10.6 Å². The molecular formula is C22H26FeN2O4P2. The van der Waals surface area contributed by atoms with Crippen LogP contribution in [-0.4, -0.2) is 0 Å². The van der Waals surface area contributed by atoms with Crippen molar-refractivity contribution in [3.63, 3.8) is 0 Å². The normalized spacial score (nSPS) is 13.5. The summed E-state index contributed by atoms with van der Waals surface area (Å²) in [6.45, 7) is 0. The Morgan fingerprint density at radius 1 is 0.516 bits per heavy atom. The van der Waals surface area contributed by atoms with E-state index in [0.717, 1.165) is 0 Å². The molecule has 0 bridgehead atoms. The Labute approximate surface area is 193 Å². The first kappa shape index (κ1) is 29.0. The van der Waals surface area contributed by atoms with Crippen LogP contribution in [0.4, 0.5) is 0 Å². The van der Waals surface area contributed by atoms with Gasteiger partial charge in [0.2, 0.25) is 0 Å². The third-order valence-electron chi connectivity index (χ3n) is 4.16. The maximum absolute atomic E-state index is 11.9. The van der Waals surface area contributed by atoms with Crippen molar-refractivity contribution in [3.8, 4) is 0 Å². The standard InChI is InChI=1S/2C11H10O2P.Fe.2H3N/c2*12-14(13,11-8-4-5-9-11)10-6-2-1-3-7-10;;;/h2*1-9H,(H,12,13);;2*1H3/q2*-1;+2;;. The van der Waals surface area contributed by atoms with Gasteiger partial charge in [0, 0.05) is 14.7 Å². The molecule has 0 aliphatic rings. The van der Waals surface area contributed by atoms with Crippen LogP contribution < -0.4 is 43.3 Å². The third-order valence-corrected chi connectivity index (χ3v) is 8.07. The van der Waals surface area contributed by atoms with Gasteiger partial charge in [0.05, 0.1) is 0 Å². The maximum Gasteiger partial charge on any atom is 2.00 e. The van der Waals surface area contributed by atoms with Gasteiger partial charge in [0.25, 0.3) is 0 Å². The zero-order chi connectivity index (χ0) is 20.0. The molecular weight excluding hydrogens is 474 g/mol. The molecule has 4 aromatic rings. The van der Waals surface area contributed by atoms with Crippen molar-refractivity contribution in [2.75, 3.05) is 0 Å². The fourth-order valence-electron chi connectivity index (χ4n) is 2.67. The summed E-state index contributed by atoms with van der Waals surface area (Å²) < 4.78 is 23.8. The molecule has 6 nitrogen and oxygen atoms in total. The van der Waals surface area contributed by atoms with Gasteiger partial charge >= 0.3 is 17.1 Å². The van der Waals surface area contributed by atoms with E-state index in [-0.39, 0.29) is 29.4 Å². The molecule has 0 radical (unpaired) electrons. The molecule has 0 amide bonds. The molecule has 4 rings (SSSR count). The van der Waals surface area contributed by atoms with Gasteiger partial charge < -0.3 is 31.2 Å². The first-order valence-electron chi connectivity index (χ1n) is 8.60. The number of hydrogen-bond acceptors (Lipinski definition) is 4. The van der Waals surface area contributed by atoms with Crippen LogP contribution >= 0.6 is 14.7 Å². The topological polar surface area (TPSA) is 153 Å². The molecule has 2 atom stereocenters. The number of hydrogen-bond donors (Lipinski definition) is 2. The molecule has 2 unspecified atom stereocenters. The summed E-state index contributed by atoms with van der Waals surface area (Å²) in [5.41, 5.74) is 0. The van der Waals surface area contributed by atoms with Crippen LogP contribution in [0.1, 0.15) is 0 Å². The first-order chi connectivity index (χ1) is 13.4. The molecule has 0 saturated carbocycles. The second kappa shape index (κ2) is 12.7. The predicted molar refractivity (Wildman–Crippen MR) is 123 cm³/mol. The average molecular weight is 500 g/mol. The SMILES string of the molecule is O=P([O-])(c1ccccc1)[c-]1cccc1.O=P([O-])(c1ccccc1)[c-]1cccc1.[Fe+2].[NH4+].[NH4+]. The molecule has 0 aromatic heterocycles. The van der Waals surface area contributed by atoms with E-state index in [1.54, 1.807) is 109 Å². The van der Waals surface area contributed by atoms with E-state index in [0.29, 0.717) is 21.2 Å². The van der Waals surface area contributed by atoms with Crippen molar-refractivity contribution in [2.24, 2.45) is 0 Å². The van der Waals surface area contributed by atoms with Gasteiger partial charge in [-0.3, -0.25) is 0 Å². The van der Waals surface area contributed by atoms with Crippen LogP contribution in [-0.2, 0) is 26.2 Å². The van der Waals surface area contributed by atoms with Gasteiger partial charge in [0.1, 0.15) is 0 Å². The first-order valence-corrected chi connectivity index (χ1v) is 11.9. The van der Waals surface area contributed by atoms with Crippen LogP contribution in [0, 0.1) is 0 Å². The molecule has 0 fully saturated rings. The van der Waals surface area contributed by atoms with Gasteiger partial charge in [0.15, 0.2) is 0 Å². The van der Waals surface area contributed by atoms with Crippen molar-refractivity contribution in [1.29, 1.82) is 0 Å². The Kier molecular flexibility index (Phi) is 11.9. The molecule has 166 valence electrons. The minimum Gasteiger partial charge on any atom is -0.802 e. The summed E-state index contributed by atoms with van der Waals surface area (Å²) >= 11 is 0. The Balaban J connectivity index is 0.000000529. The van der Waals surface area contributed by atoms with Crippen molar-refractivity contribution in [1.82, 2.24) is 12.3 Å². The van der Waals surface area contributed by atoms with Crippen molar-refractivity contribution in [2.45, 2.75) is 0 Å². The molecule has 4 aromatic carbocycles. The summed E-state index contributed by atoms with van der Waals surface area (Å²) in [5, 5.41) is 1.49. The van der Waals surface area contributed by atoms with Gasteiger partial charge in [-0.05, 0) is 10.6 Å². The van der Waals surface area contributed by atoms with E-state index in [1.165, 1.54) is 0 Å².